The van der Waals surface area contributed by atoms with Gasteiger partial charge in [-0.2, -0.15) is 0 Å². The molecule has 100 valence electrons. The van der Waals surface area contributed by atoms with Crippen LogP contribution in [0.25, 0.3) is 0 Å². The number of carbonyl (C=O) groups excluding carboxylic acids is 1. The molecule has 1 aromatic rings. The lowest BCUT2D eigenvalue weighted by Gasteiger charge is -2.23. The third kappa shape index (κ3) is 3.05. The molecule has 0 radical (unpaired) electrons. The van der Waals surface area contributed by atoms with Crippen molar-refractivity contribution in [3.63, 3.8) is 0 Å². The number of halogens is 2. The Balaban J connectivity index is 1.98. The van der Waals surface area contributed by atoms with Crippen LogP contribution in [-0.4, -0.2) is 35.9 Å². The largest absolute Gasteiger partial charge is 0.336 e. The molecule has 1 saturated heterocycles. The van der Waals surface area contributed by atoms with Gasteiger partial charge in [-0.3, -0.25) is 10.1 Å². The summed E-state index contributed by atoms with van der Waals surface area (Å²) in [4.78, 5) is 14.8. The molecule has 1 atom stereocenters. The van der Waals surface area contributed by atoms with Crippen molar-refractivity contribution in [1.29, 1.82) is 0 Å². The van der Waals surface area contributed by atoms with E-state index in [9.17, 15) is 13.6 Å². The van der Waals surface area contributed by atoms with Crippen molar-refractivity contribution in [2.24, 2.45) is 0 Å². The molecule has 0 spiro atoms. The molecule has 1 aromatic heterocycles. The van der Waals surface area contributed by atoms with Gasteiger partial charge in [0, 0.05) is 17.8 Å². The summed E-state index contributed by atoms with van der Waals surface area (Å²) in [7, 11) is 0. The number of hydrogen-bond acceptors (Lipinski definition) is 3. The van der Waals surface area contributed by atoms with Crippen molar-refractivity contribution < 1.29 is 13.6 Å². The lowest BCUT2D eigenvalue weighted by atomic mass is 10.1. The van der Waals surface area contributed by atoms with Crippen LogP contribution >= 0.6 is 11.3 Å². The minimum atomic E-state index is -2.76. The monoisotopic (exact) mass is 274 g/mol. The fourth-order valence-electron chi connectivity index (χ4n) is 2.05. The molecule has 1 aliphatic rings. The summed E-state index contributed by atoms with van der Waals surface area (Å²) in [5.74, 6) is -2.99. The smallest absolute Gasteiger partial charge is 0.262 e. The second-order valence-corrected chi connectivity index (χ2v) is 5.46. The number of nitrogens with one attached hydrogen (secondary N) is 1. The van der Waals surface area contributed by atoms with Crippen molar-refractivity contribution >= 4 is 17.2 Å². The third-order valence-corrected chi connectivity index (χ3v) is 3.89. The maximum absolute atomic E-state index is 13.1. The highest BCUT2D eigenvalue weighted by Crippen LogP contribution is 2.26. The van der Waals surface area contributed by atoms with Crippen LogP contribution in [-0.2, 0) is 11.3 Å². The van der Waals surface area contributed by atoms with Crippen LogP contribution < -0.4 is 5.32 Å². The van der Waals surface area contributed by atoms with E-state index >= 15 is 0 Å². The standard InChI is InChI=1S/C12H16F2N2OS/c1-2-16(7-9-4-3-5-18-9)11(17)10-6-12(13,14)8-15-10/h3-5,10,15H,2,6-8H2,1H3. The van der Waals surface area contributed by atoms with Gasteiger partial charge in [-0.15, -0.1) is 11.3 Å². The van der Waals surface area contributed by atoms with Gasteiger partial charge in [0.2, 0.25) is 5.91 Å². The highest BCUT2D eigenvalue weighted by molar-refractivity contribution is 7.09. The lowest BCUT2D eigenvalue weighted by Crippen LogP contribution is -2.43. The summed E-state index contributed by atoms with van der Waals surface area (Å²) in [6.45, 7) is 2.48. The highest BCUT2D eigenvalue weighted by Gasteiger charge is 2.43. The Morgan fingerprint density at radius 2 is 2.44 bits per heavy atom. The molecule has 0 bridgehead atoms. The van der Waals surface area contributed by atoms with Crippen molar-refractivity contribution in [3.8, 4) is 0 Å². The van der Waals surface area contributed by atoms with Gasteiger partial charge in [-0.25, -0.2) is 8.78 Å². The van der Waals surface area contributed by atoms with Gasteiger partial charge in [0.25, 0.3) is 5.92 Å². The molecule has 1 aliphatic heterocycles. The molecule has 0 saturated carbocycles. The predicted octanol–water partition coefficient (Wildman–Crippen LogP) is 2.09. The summed E-state index contributed by atoms with van der Waals surface area (Å²) in [6.07, 6.45) is -0.396. The average molecular weight is 274 g/mol. The Hall–Kier alpha value is -1.01. The molecule has 1 fully saturated rings. The van der Waals surface area contributed by atoms with Crippen molar-refractivity contribution in [1.82, 2.24) is 10.2 Å². The zero-order valence-corrected chi connectivity index (χ0v) is 11.0. The number of thiophene rings is 1. The summed E-state index contributed by atoms with van der Waals surface area (Å²) in [5, 5.41) is 4.54. The Morgan fingerprint density at radius 1 is 1.67 bits per heavy atom. The lowest BCUT2D eigenvalue weighted by molar-refractivity contribution is -0.134. The zero-order chi connectivity index (χ0) is 13.2. The summed E-state index contributed by atoms with van der Waals surface area (Å²) >= 11 is 1.56. The molecular weight excluding hydrogens is 258 g/mol. The van der Waals surface area contributed by atoms with Gasteiger partial charge in [-0.05, 0) is 18.4 Å². The number of alkyl halides is 2. The molecule has 3 nitrogen and oxygen atoms in total. The molecule has 1 N–H and O–H groups in total. The van der Waals surface area contributed by atoms with Crippen molar-refractivity contribution in [2.75, 3.05) is 13.1 Å². The van der Waals surface area contributed by atoms with E-state index in [0.717, 1.165) is 4.88 Å². The highest BCUT2D eigenvalue weighted by atomic mass is 32.1. The molecule has 2 heterocycles. The molecule has 0 aromatic carbocycles. The maximum atomic E-state index is 13.1. The molecule has 2 rings (SSSR count). The Labute approximate surface area is 109 Å². The Bertz CT molecular complexity index is 408. The quantitative estimate of drug-likeness (QED) is 0.912. The number of nitrogens with zero attached hydrogens (tertiary/aromatic N) is 1. The first-order valence-electron chi connectivity index (χ1n) is 5.94. The maximum Gasteiger partial charge on any atom is 0.262 e. The van der Waals surface area contributed by atoms with Crippen molar-refractivity contribution in [2.45, 2.75) is 31.9 Å². The summed E-state index contributed by atoms with van der Waals surface area (Å²) in [6, 6.07) is 3.11. The van der Waals surface area contributed by atoms with Gasteiger partial charge in [-0.1, -0.05) is 6.07 Å². The predicted molar refractivity (Wildman–Crippen MR) is 66.8 cm³/mol. The van der Waals surface area contributed by atoms with Crippen LogP contribution in [0.5, 0.6) is 0 Å². The number of carbonyl (C=O) groups is 1. The fraction of sp³-hybridized carbons (Fsp3) is 0.583. The third-order valence-electron chi connectivity index (χ3n) is 3.03. The molecule has 18 heavy (non-hydrogen) atoms. The SMILES string of the molecule is CCN(Cc1cccs1)C(=O)C1CC(F)(F)CN1. The summed E-state index contributed by atoms with van der Waals surface area (Å²) < 4.78 is 26.1. The second-order valence-electron chi connectivity index (χ2n) is 4.43. The molecule has 1 unspecified atom stereocenters. The van der Waals surface area contributed by atoms with Gasteiger partial charge in [0.15, 0.2) is 0 Å². The van der Waals surface area contributed by atoms with E-state index in [0.29, 0.717) is 13.1 Å². The first-order chi connectivity index (χ1) is 8.52. The van der Waals surface area contributed by atoms with E-state index in [-0.39, 0.29) is 5.91 Å². The fourth-order valence-corrected chi connectivity index (χ4v) is 2.77. The van der Waals surface area contributed by atoms with Gasteiger partial charge < -0.3 is 4.90 Å². The van der Waals surface area contributed by atoms with Crippen LogP contribution in [0.3, 0.4) is 0 Å². The molecule has 6 heteroatoms. The van der Waals surface area contributed by atoms with E-state index < -0.39 is 24.9 Å². The van der Waals surface area contributed by atoms with E-state index in [1.807, 2.05) is 24.4 Å². The topological polar surface area (TPSA) is 32.3 Å². The molecule has 1 amide bonds. The van der Waals surface area contributed by atoms with Crippen LogP contribution in [0, 0.1) is 0 Å². The Kier molecular flexibility index (Phi) is 3.97. The molecule has 0 aliphatic carbocycles. The minimum absolute atomic E-state index is 0.233. The zero-order valence-electron chi connectivity index (χ0n) is 10.2. The first-order valence-corrected chi connectivity index (χ1v) is 6.82. The van der Waals surface area contributed by atoms with Crippen LogP contribution in [0.4, 0.5) is 8.78 Å². The van der Waals surface area contributed by atoms with Gasteiger partial charge in [0.1, 0.15) is 0 Å². The van der Waals surface area contributed by atoms with Crippen LogP contribution in [0.1, 0.15) is 18.2 Å². The number of likely N-dealkylation sites (N-methyl/N-ethyl adjacent to an activating group) is 1. The van der Waals surface area contributed by atoms with E-state index in [1.54, 1.807) is 16.2 Å². The Morgan fingerprint density at radius 3 is 2.94 bits per heavy atom. The van der Waals surface area contributed by atoms with Crippen LogP contribution in [0.2, 0.25) is 0 Å². The summed E-state index contributed by atoms with van der Waals surface area (Å²) in [5.41, 5.74) is 0. The van der Waals surface area contributed by atoms with E-state index in [4.69, 9.17) is 0 Å². The molecular formula is C12H16F2N2OS. The van der Waals surface area contributed by atoms with Crippen molar-refractivity contribution in [3.05, 3.63) is 22.4 Å². The minimum Gasteiger partial charge on any atom is -0.336 e. The van der Waals surface area contributed by atoms with Crippen LogP contribution in [0.15, 0.2) is 17.5 Å². The first kappa shape index (κ1) is 13.4. The number of hydrogen-bond donors (Lipinski definition) is 1. The van der Waals surface area contributed by atoms with E-state index in [2.05, 4.69) is 5.32 Å². The number of rotatable bonds is 4. The normalized spacial score (nSPS) is 22.1. The second kappa shape index (κ2) is 5.32. The number of amides is 1. The van der Waals surface area contributed by atoms with E-state index in [1.165, 1.54) is 0 Å². The van der Waals surface area contributed by atoms with Gasteiger partial charge in [0.05, 0.1) is 19.1 Å². The van der Waals surface area contributed by atoms with Gasteiger partial charge >= 0.3 is 0 Å². The average Bonchev–Trinajstić information content (AvgIpc) is 2.94.